The zero-order valence-corrected chi connectivity index (χ0v) is 10.3. The average molecular weight is 252 g/mol. The number of nitrogens with zero attached hydrogens (tertiary/aromatic N) is 1. The van der Waals surface area contributed by atoms with Crippen molar-refractivity contribution in [3.63, 3.8) is 0 Å². The zero-order valence-electron chi connectivity index (χ0n) is 10.3. The van der Waals surface area contributed by atoms with Crippen LogP contribution in [-0.4, -0.2) is 35.1 Å². The molecule has 0 spiro atoms. The lowest BCUT2D eigenvalue weighted by Crippen LogP contribution is -2.30. The lowest BCUT2D eigenvalue weighted by atomic mass is 10.0. The van der Waals surface area contributed by atoms with Crippen LogP contribution in [0.15, 0.2) is 18.2 Å². The molecule has 0 radical (unpaired) electrons. The number of benzene rings is 1. The maximum atomic E-state index is 13.3. The molecule has 0 aromatic heterocycles. The number of nitrogen functional groups attached to an aromatic ring is 1. The molecule has 1 fully saturated rings. The molecule has 2 unspecified atom stereocenters. The smallest absolute Gasteiger partial charge is 0.253 e. The number of aliphatic hydroxyl groups is 1. The minimum absolute atomic E-state index is 0.0369. The molecule has 2 rings (SSSR count). The number of rotatable bonds is 2. The van der Waals surface area contributed by atoms with E-state index in [1.54, 1.807) is 11.8 Å². The zero-order chi connectivity index (χ0) is 13.3. The quantitative estimate of drug-likeness (QED) is 0.778. The van der Waals surface area contributed by atoms with Crippen LogP contribution in [0.25, 0.3) is 0 Å². The molecule has 1 aromatic carbocycles. The Hall–Kier alpha value is -1.62. The number of anilines is 1. The van der Waals surface area contributed by atoms with Gasteiger partial charge in [-0.05, 0) is 31.5 Å². The molecular weight excluding hydrogens is 235 g/mol. The van der Waals surface area contributed by atoms with Gasteiger partial charge in [0.05, 0.1) is 11.8 Å². The third-order valence-electron chi connectivity index (χ3n) is 3.44. The monoisotopic (exact) mass is 252 g/mol. The normalized spacial score (nSPS) is 21.1. The fourth-order valence-electron chi connectivity index (χ4n) is 2.21. The van der Waals surface area contributed by atoms with Gasteiger partial charge in [-0.2, -0.15) is 0 Å². The van der Waals surface area contributed by atoms with Crippen LogP contribution in [0, 0.1) is 11.7 Å². The molecule has 1 amide bonds. The Bertz CT molecular complexity index is 462. The van der Waals surface area contributed by atoms with Crippen molar-refractivity contribution in [2.75, 3.05) is 18.8 Å². The lowest BCUT2D eigenvalue weighted by molar-refractivity contribution is 0.0762. The van der Waals surface area contributed by atoms with E-state index in [0.717, 1.165) is 12.5 Å². The van der Waals surface area contributed by atoms with Crippen molar-refractivity contribution >= 4 is 11.6 Å². The highest BCUT2D eigenvalue weighted by Crippen LogP contribution is 2.22. The first-order valence-corrected chi connectivity index (χ1v) is 6.01. The Kier molecular flexibility index (Phi) is 3.52. The van der Waals surface area contributed by atoms with Crippen LogP contribution in [-0.2, 0) is 0 Å². The van der Waals surface area contributed by atoms with E-state index in [1.807, 2.05) is 0 Å². The molecule has 0 aliphatic carbocycles. The van der Waals surface area contributed by atoms with Gasteiger partial charge in [-0.3, -0.25) is 4.79 Å². The van der Waals surface area contributed by atoms with Crippen molar-refractivity contribution < 1.29 is 14.3 Å². The molecule has 2 atom stereocenters. The third-order valence-corrected chi connectivity index (χ3v) is 3.44. The maximum absolute atomic E-state index is 13.3. The molecule has 3 N–H and O–H groups in total. The maximum Gasteiger partial charge on any atom is 0.253 e. The van der Waals surface area contributed by atoms with Gasteiger partial charge in [0, 0.05) is 24.6 Å². The van der Waals surface area contributed by atoms with Crippen LogP contribution >= 0.6 is 0 Å². The topological polar surface area (TPSA) is 66.6 Å². The molecule has 1 heterocycles. The number of aliphatic hydroxyl groups excluding tert-OH is 1. The summed E-state index contributed by atoms with van der Waals surface area (Å²) in [4.78, 5) is 13.8. The van der Waals surface area contributed by atoms with Gasteiger partial charge in [-0.15, -0.1) is 0 Å². The van der Waals surface area contributed by atoms with Crippen LogP contribution < -0.4 is 5.73 Å². The van der Waals surface area contributed by atoms with Gasteiger partial charge >= 0.3 is 0 Å². The second kappa shape index (κ2) is 4.94. The van der Waals surface area contributed by atoms with E-state index in [-0.39, 0.29) is 17.5 Å². The number of halogens is 1. The second-order valence-corrected chi connectivity index (χ2v) is 4.78. The van der Waals surface area contributed by atoms with Gasteiger partial charge in [0.1, 0.15) is 5.82 Å². The highest BCUT2D eigenvalue weighted by atomic mass is 19.1. The molecule has 1 aliphatic heterocycles. The number of carbonyl (C=O) groups is 1. The van der Waals surface area contributed by atoms with Gasteiger partial charge < -0.3 is 15.7 Å². The Morgan fingerprint density at radius 2 is 2.33 bits per heavy atom. The summed E-state index contributed by atoms with van der Waals surface area (Å²) >= 11 is 0. The summed E-state index contributed by atoms with van der Waals surface area (Å²) in [6.07, 6.45) is 0.354. The average Bonchev–Trinajstić information content (AvgIpc) is 2.81. The van der Waals surface area contributed by atoms with Crippen molar-refractivity contribution in [3.8, 4) is 0 Å². The largest absolute Gasteiger partial charge is 0.396 e. The third kappa shape index (κ3) is 2.46. The van der Waals surface area contributed by atoms with Gasteiger partial charge in [-0.1, -0.05) is 0 Å². The van der Waals surface area contributed by atoms with Crippen molar-refractivity contribution in [3.05, 3.63) is 29.6 Å². The Morgan fingerprint density at radius 1 is 1.61 bits per heavy atom. The molecule has 1 saturated heterocycles. The van der Waals surface area contributed by atoms with Crippen LogP contribution in [0.3, 0.4) is 0 Å². The van der Waals surface area contributed by atoms with E-state index < -0.39 is 11.9 Å². The van der Waals surface area contributed by atoms with E-state index in [9.17, 15) is 14.3 Å². The van der Waals surface area contributed by atoms with Crippen molar-refractivity contribution in [1.82, 2.24) is 4.90 Å². The van der Waals surface area contributed by atoms with Gasteiger partial charge in [0.2, 0.25) is 0 Å². The van der Waals surface area contributed by atoms with Gasteiger partial charge in [0.15, 0.2) is 0 Å². The molecule has 18 heavy (non-hydrogen) atoms. The number of amides is 1. The van der Waals surface area contributed by atoms with Crippen LogP contribution in [0.2, 0.25) is 0 Å². The molecule has 5 heteroatoms. The minimum Gasteiger partial charge on any atom is -0.396 e. The van der Waals surface area contributed by atoms with E-state index in [0.29, 0.717) is 18.7 Å². The summed E-state index contributed by atoms with van der Waals surface area (Å²) in [6.45, 7) is 2.84. The first-order valence-electron chi connectivity index (χ1n) is 6.01. The molecule has 1 aliphatic rings. The summed E-state index contributed by atoms with van der Waals surface area (Å²) in [5.41, 5.74) is 5.71. The summed E-state index contributed by atoms with van der Waals surface area (Å²) in [7, 11) is 0. The minimum atomic E-state index is -0.577. The molecule has 98 valence electrons. The predicted molar refractivity (Wildman–Crippen MR) is 66.5 cm³/mol. The number of nitrogens with two attached hydrogens (primary N) is 1. The summed E-state index contributed by atoms with van der Waals surface area (Å²) in [5.74, 6) is -0.684. The Balaban J connectivity index is 2.10. The van der Waals surface area contributed by atoms with Gasteiger partial charge in [0.25, 0.3) is 5.91 Å². The first kappa shape index (κ1) is 12.8. The van der Waals surface area contributed by atoms with E-state index in [2.05, 4.69) is 0 Å². The van der Waals surface area contributed by atoms with Crippen LogP contribution in [0.1, 0.15) is 23.7 Å². The Labute approximate surface area is 105 Å². The molecule has 0 saturated carbocycles. The molecule has 4 nitrogen and oxygen atoms in total. The SMILES string of the molecule is CC(O)C1CCN(C(=O)c2ccc(N)c(F)c2)C1. The highest BCUT2D eigenvalue weighted by molar-refractivity contribution is 5.94. The summed E-state index contributed by atoms with van der Waals surface area (Å²) in [6, 6.07) is 4.08. The lowest BCUT2D eigenvalue weighted by Gasteiger charge is -2.18. The van der Waals surface area contributed by atoms with Gasteiger partial charge in [-0.25, -0.2) is 4.39 Å². The van der Waals surface area contributed by atoms with Crippen LogP contribution in [0.4, 0.5) is 10.1 Å². The first-order chi connectivity index (χ1) is 8.49. The summed E-state index contributed by atoms with van der Waals surface area (Å²) < 4.78 is 13.3. The summed E-state index contributed by atoms with van der Waals surface area (Å²) in [5, 5.41) is 9.49. The van der Waals surface area contributed by atoms with E-state index in [1.165, 1.54) is 12.1 Å². The van der Waals surface area contributed by atoms with Crippen LogP contribution in [0.5, 0.6) is 0 Å². The van der Waals surface area contributed by atoms with E-state index >= 15 is 0 Å². The Morgan fingerprint density at radius 3 is 2.89 bits per heavy atom. The van der Waals surface area contributed by atoms with E-state index in [4.69, 9.17) is 5.73 Å². The molecule has 1 aromatic rings. The second-order valence-electron chi connectivity index (χ2n) is 4.78. The number of hydrogen-bond donors (Lipinski definition) is 2. The van der Waals surface area contributed by atoms with Crippen molar-refractivity contribution in [1.29, 1.82) is 0 Å². The molecule has 0 bridgehead atoms. The van der Waals surface area contributed by atoms with Crippen molar-refractivity contribution in [2.24, 2.45) is 5.92 Å². The predicted octanol–water partition coefficient (Wildman–Crippen LogP) is 1.25. The number of hydrogen-bond acceptors (Lipinski definition) is 3. The fourth-order valence-corrected chi connectivity index (χ4v) is 2.21. The highest BCUT2D eigenvalue weighted by Gasteiger charge is 2.29. The number of carbonyl (C=O) groups excluding carboxylic acids is 1. The molecular formula is C13H17FN2O2. The number of likely N-dealkylation sites (tertiary alicyclic amines) is 1. The standard InChI is InChI=1S/C13H17FN2O2/c1-8(17)10-4-5-16(7-10)13(18)9-2-3-12(15)11(14)6-9/h2-3,6,8,10,17H,4-5,7,15H2,1H3. The fraction of sp³-hybridized carbons (Fsp3) is 0.462. The van der Waals surface area contributed by atoms with Crippen molar-refractivity contribution in [2.45, 2.75) is 19.4 Å².